The summed E-state index contributed by atoms with van der Waals surface area (Å²) in [7, 11) is 0. The number of rotatable bonds is 6. The van der Waals surface area contributed by atoms with Gasteiger partial charge in [0, 0.05) is 10.7 Å². The molecule has 0 saturated carbocycles. The van der Waals surface area contributed by atoms with Gasteiger partial charge in [-0.3, -0.25) is 5.43 Å². The summed E-state index contributed by atoms with van der Waals surface area (Å²) in [5.74, 6) is 0.789. The fourth-order valence-electron chi connectivity index (χ4n) is 2.44. The van der Waals surface area contributed by atoms with E-state index in [0.29, 0.717) is 11.7 Å². The molecule has 3 aromatic rings. The summed E-state index contributed by atoms with van der Waals surface area (Å²) in [5, 5.41) is 8.40. The number of hydrogen-bond acceptors (Lipinski definition) is 3. The predicted molar refractivity (Wildman–Crippen MR) is 120 cm³/mol. The standard InChI is InChI=1S/C22H20ClN3OS/c1-16-3-2-4-20(13-16)25-22(28)26-24-14-17-7-11-21(12-8-17)27-15-18-5-9-19(23)10-6-18/h2-14H,15H2,1H3,(H2,25,26,28). The molecule has 0 atom stereocenters. The van der Waals surface area contributed by atoms with Crippen LogP contribution in [0.1, 0.15) is 16.7 Å². The molecule has 2 N–H and O–H groups in total. The van der Waals surface area contributed by atoms with Crippen LogP contribution in [0.5, 0.6) is 5.75 Å². The Morgan fingerprint density at radius 2 is 1.82 bits per heavy atom. The summed E-state index contributed by atoms with van der Waals surface area (Å²) in [6.07, 6.45) is 1.70. The van der Waals surface area contributed by atoms with E-state index in [9.17, 15) is 0 Å². The normalized spacial score (nSPS) is 10.6. The van der Waals surface area contributed by atoms with Gasteiger partial charge < -0.3 is 10.1 Å². The largest absolute Gasteiger partial charge is 0.489 e. The lowest BCUT2D eigenvalue weighted by molar-refractivity contribution is 0.306. The summed E-state index contributed by atoms with van der Waals surface area (Å²) in [6.45, 7) is 2.52. The van der Waals surface area contributed by atoms with Crippen molar-refractivity contribution in [1.82, 2.24) is 5.43 Å². The molecule has 0 aromatic heterocycles. The molecule has 6 heteroatoms. The SMILES string of the molecule is Cc1cccc(NC(=S)NN=Cc2ccc(OCc3ccc(Cl)cc3)cc2)c1. The molecule has 142 valence electrons. The quantitative estimate of drug-likeness (QED) is 0.318. The van der Waals surface area contributed by atoms with Crippen molar-refractivity contribution in [3.8, 4) is 5.75 Å². The maximum Gasteiger partial charge on any atom is 0.191 e. The molecule has 3 aromatic carbocycles. The van der Waals surface area contributed by atoms with Gasteiger partial charge in [0.2, 0.25) is 0 Å². The lowest BCUT2D eigenvalue weighted by Crippen LogP contribution is -2.23. The molecular weight excluding hydrogens is 390 g/mol. The molecule has 0 aliphatic rings. The number of anilines is 1. The number of thiocarbonyl (C=S) groups is 1. The van der Waals surface area contributed by atoms with Crippen molar-refractivity contribution >= 4 is 40.8 Å². The first-order valence-corrected chi connectivity index (χ1v) is 9.51. The topological polar surface area (TPSA) is 45.7 Å². The van der Waals surface area contributed by atoms with Crippen LogP contribution in [0.3, 0.4) is 0 Å². The minimum Gasteiger partial charge on any atom is -0.489 e. The Kier molecular flexibility index (Phi) is 7.00. The molecule has 0 radical (unpaired) electrons. The lowest BCUT2D eigenvalue weighted by atomic mass is 10.2. The minimum absolute atomic E-state index is 0.435. The summed E-state index contributed by atoms with van der Waals surface area (Å²) >= 11 is 11.1. The van der Waals surface area contributed by atoms with E-state index in [-0.39, 0.29) is 0 Å². The van der Waals surface area contributed by atoms with Crippen molar-refractivity contribution in [2.24, 2.45) is 5.10 Å². The van der Waals surface area contributed by atoms with E-state index in [1.807, 2.05) is 79.7 Å². The zero-order chi connectivity index (χ0) is 19.8. The smallest absolute Gasteiger partial charge is 0.191 e. The van der Waals surface area contributed by atoms with E-state index >= 15 is 0 Å². The van der Waals surface area contributed by atoms with Gasteiger partial charge in [-0.15, -0.1) is 0 Å². The second kappa shape index (κ2) is 9.88. The average Bonchev–Trinajstić information content (AvgIpc) is 2.68. The van der Waals surface area contributed by atoms with Gasteiger partial charge in [0.15, 0.2) is 5.11 Å². The second-order valence-electron chi connectivity index (χ2n) is 6.18. The van der Waals surface area contributed by atoms with Gasteiger partial charge >= 0.3 is 0 Å². The fraction of sp³-hybridized carbons (Fsp3) is 0.0909. The number of ether oxygens (including phenoxy) is 1. The molecule has 0 heterocycles. The number of nitrogens with one attached hydrogen (secondary N) is 2. The zero-order valence-corrected chi connectivity index (χ0v) is 16.9. The third-order valence-corrected chi connectivity index (χ3v) is 4.30. The number of benzene rings is 3. The fourth-order valence-corrected chi connectivity index (χ4v) is 2.74. The Hall–Kier alpha value is -2.89. The Balaban J connectivity index is 1.46. The van der Waals surface area contributed by atoms with E-state index in [1.54, 1.807) is 6.21 Å². The second-order valence-corrected chi connectivity index (χ2v) is 7.02. The molecular formula is C22H20ClN3OS. The first-order chi connectivity index (χ1) is 13.6. The number of aryl methyl sites for hydroxylation is 1. The van der Waals surface area contributed by atoms with Gasteiger partial charge in [0.1, 0.15) is 12.4 Å². The van der Waals surface area contributed by atoms with Gasteiger partial charge in [-0.25, -0.2) is 0 Å². The number of nitrogens with zero attached hydrogens (tertiary/aromatic N) is 1. The van der Waals surface area contributed by atoms with Crippen LogP contribution in [0.2, 0.25) is 5.02 Å². The van der Waals surface area contributed by atoms with Crippen LogP contribution in [0.4, 0.5) is 5.69 Å². The van der Waals surface area contributed by atoms with Crippen LogP contribution in [0.25, 0.3) is 0 Å². The number of halogens is 1. The highest BCUT2D eigenvalue weighted by Gasteiger charge is 1.98. The van der Waals surface area contributed by atoms with Gasteiger partial charge in [-0.05, 0) is 84.4 Å². The molecule has 3 rings (SSSR count). The Morgan fingerprint density at radius 1 is 1.07 bits per heavy atom. The lowest BCUT2D eigenvalue weighted by Gasteiger charge is -2.08. The van der Waals surface area contributed by atoms with Crippen molar-refractivity contribution in [1.29, 1.82) is 0 Å². The molecule has 0 aliphatic heterocycles. The van der Waals surface area contributed by atoms with Crippen LogP contribution >= 0.6 is 23.8 Å². The first-order valence-electron chi connectivity index (χ1n) is 8.72. The molecule has 0 bridgehead atoms. The molecule has 4 nitrogen and oxygen atoms in total. The highest BCUT2D eigenvalue weighted by Crippen LogP contribution is 2.15. The van der Waals surface area contributed by atoms with Crippen molar-refractivity contribution in [2.45, 2.75) is 13.5 Å². The highest BCUT2D eigenvalue weighted by molar-refractivity contribution is 7.80. The van der Waals surface area contributed by atoms with E-state index in [2.05, 4.69) is 15.8 Å². The van der Waals surface area contributed by atoms with Crippen LogP contribution in [0.15, 0.2) is 77.9 Å². The van der Waals surface area contributed by atoms with E-state index in [0.717, 1.165) is 33.1 Å². The zero-order valence-electron chi connectivity index (χ0n) is 15.4. The Morgan fingerprint density at radius 3 is 2.54 bits per heavy atom. The predicted octanol–water partition coefficient (Wildman–Crippen LogP) is 5.55. The molecule has 0 unspecified atom stereocenters. The summed E-state index contributed by atoms with van der Waals surface area (Å²) in [5.41, 5.74) is 6.90. The number of hydrazone groups is 1. The molecule has 0 aliphatic carbocycles. The van der Waals surface area contributed by atoms with Crippen molar-refractivity contribution < 1.29 is 4.74 Å². The molecule has 0 saturated heterocycles. The third kappa shape index (κ3) is 6.37. The third-order valence-electron chi connectivity index (χ3n) is 3.85. The van der Waals surface area contributed by atoms with Crippen LogP contribution in [0, 0.1) is 6.92 Å². The number of hydrogen-bond donors (Lipinski definition) is 2. The van der Waals surface area contributed by atoms with Gasteiger partial charge in [0.05, 0.1) is 6.21 Å². The first kappa shape index (κ1) is 19.9. The summed E-state index contributed by atoms with van der Waals surface area (Å²) < 4.78 is 5.77. The molecule has 28 heavy (non-hydrogen) atoms. The van der Waals surface area contributed by atoms with Gasteiger partial charge in [-0.1, -0.05) is 35.9 Å². The molecule has 0 fully saturated rings. The Bertz CT molecular complexity index is 956. The molecule has 0 spiro atoms. The van der Waals surface area contributed by atoms with Crippen LogP contribution in [-0.2, 0) is 6.61 Å². The summed E-state index contributed by atoms with van der Waals surface area (Å²) in [6, 6.07) is 23.2. The maximum atomic E-state index is 5.88. The Labute approximate surface area is 175 Å². The van der Waals surface area contributed by atoms with Crippen molar-refractivity contribution in [2.75, 3.05) is 5.32 Å². The molecule has 0 amide bonds. The summed E-state index contributed by atoms with van der Waals surface area (Å²) in [4.78, 5) is 0. The average molecular weight is 410 g/mol. The van der Waals surface area contributed by atoms with Gasteiger partial charge in [-0.2, -0.15) is 5.10 Å². The highest BCUT2D eigenvalue weighted by atomic mass is 35.5. The van der Waals surface area contributed by atoms with Gasteiger partial charge in [0.25, 0.3) is 0 Å². The van der Waals surface area contributed by atoms with Crippen molar-refractivity contribution in [3.05, 3.63) is 94.5 Å². The maximum absolute atomic E-state index is 5.88. The van der Waals surface area contributed by atoms with E-state index in [4.69, 9.17) is 28.6 Å². The van der Waals surface area contributed by atoms with E-state index < -0.39 is 0 Å². The van der Waals surface area contributed by atoms with Crippen LogP contribution in [-0.4, -0.2) is 11.3 Å². The van der Waals surface area contributed by atoms with Crippen molar-refractivity contribution in [3.63, 3.8) is 0 Å². The monoisotopic (exact) mass is 409 g/mol. The minimum atomic E-state index is 0.435. The van der Waals surface area contributed by atoms with E-state index in [1.165, 1.54) is 0 Å². The van der Waals surface area contributed by atoms with Crippen LogP contribution < -0.4 is 15.5 Å².